The van der Waals surface area contributed by atoms with Crippen molar-refractivity contribution in [3.8, 4) is 5.75 Å². The van der Waals surface area contributed by atoms with Crippen LogP contribution in [-0.4, -0.2) is 25.0 Å². The molecule has 0 saturated heterocycles. The van der Waals surface area contributed by atoms with Gasteiger partial charge in [0, 0.05) is 13.6 Å². The average Bonchev–Trinajstić information content (AvgIpc) is 2.77. The van der Waals surface area contributed by atoms with Gasteiger partial charge in [-0.15, -0.1) is 0 Å². The van der Waals surface area contributed by atoms with Gasteiger partial charge in [0.15, 0.2) is 6.10 Å². The molecule has 3 rings (SSSR count). The number of rotatable bonds is 7. The molecule has 5 nitrogen and oxygen atoms in total. The van der Waals surface area contributed by atoms with Gasteiger partial charge in [-0.3, -0.25) is 9.59 Å². The Bertz CT molecular complexity index is 958. The minimum absolute atomic E-state index is 0.235. The van der Waals surface area contributed by atoms with Crippen molar-refractivity contribution in [3.63, 3.8) is 0 Å². The maximum atomic E-state index is 12.9. The monoisotopic (exact) mass is 388 g/mol. The van der Waals surface area contributed by atoms with Crippen LogP contribution in [0.5, 0.6) is 5.75 Å². The standard InChI is InChI=1S/C24H24N2O3/c1-18(29-20-13-7-4-8-14-20)24(28)26(2)22-16-10-9-15-21(22)23(27)25-17-19-11-5-3-6-12-19/h3-16,18H,17H2,1-2H3,(H,25,27). The van der Waals surface area contributed by atoms with E-state index in [1.54, 1.807) is 50.4 Å². The van der Waals surface area contributed by atoms with Crippen molar-refractivity contribution in [2.75, 3.05) is 11.9 Å². The number of benzene rings is 3. The Hall–Kier alpha value is -3.60. The van der Waals surface area contributed by atoms with Gasteiger partial charge in [-0.1, -0.05) is 60.7 Å². The number of amides is 2. The van der Waals surface area contributed by atoms with Crippen LogP contribution in [0.2, 0.25) is 0 Å². The molecule has 5 heteroatoms. The zero-order valence-corrected chi connectivity index (χ0v) is 16.5. The zero-order chi connectivity index (χ0) is 20.6. The first-order chi connectivity index (χ1) is 14.1. The molecule has 0 aliphatic carbocycles. The van der Waals surface area contributed by atoms with Gasteiger partial charge in [0.2, 0.25) is 0 Å². The van der Waals surface area contributed by atoms with E-state index in [9.17, 15) is 9.59 Å². The Kier molecular flexibility index (Phi) is 6.63. The smallest absolute Gasteiger partial charge is 0.267 e. The first kappa shape index (κ1) is 20.1. The molecule has 0 bridgehead atoms. The molecule has 0 fully saturated rings. The van der Waals surface area contributed by atoms with E-state index in [0.29, 0.717) is 23.5 Å². The molecule has 0 aliphatic heterocycles. The SMILES string of the molecule is CC(Oc1ccccc1)C(=O)N(C)c1ccccc1C(=O)NCc1ccccc1. The van der Waals surface area contributed by atoms with E-state index in [0.717, 1.165) is 5.56 Å². The minimum atomic E-state index is -0.692. The molecular formula is C24H24N2O3. The van der Waals surface area contributed by atoms with Crippen LogP contribution >= 0.6 is 0 Å². The molecule has 0 radical (unpaired) electrons. The van der Waals surface area contributed by atoms with Gasteiger partial charge in [0.05, 0.1) is 11.3 Å². The third-order valence-corrected chi connectivity index (χ3v) is 4.54. The molecule has 148 valence electrons. The maximum Gasteiger partial charge on any atom is 0.267 e. The number of hydrogen-bond acceptors (Lipinski definition) is 3. The van der Waals surface area contributed by atoms with Crippen LogP contribution in [0, 0.1) is 0 Å². The van der Waals surface area contributed by atoms with Crippen molar-refractivity contribution in [2.24, 2.45) is 0 Å². The number of likely N-dealkylation sites (N-methyl/N-ethyl adjacent to an activating group) is 1. The predicted octanol–water partition coefficient (Wildman–Crippen LogP) is 4.05. The van der Waals surface area contributed by atoms with Gasteiger partial charge in [-0.2, -0.15) is 0 Å². The highest BCUT2D eigenvalue weighted by Crippen LogP contribution is 2.21. The van der Waals surface area contributed by atoms with E-state index < -0.39 is 6.10 Å². The molecule has 29 heavy (non-hydrogen) atoms. The van der Waals surface area contributed by atoms with Crippen LogP contribution < -0.4 is 15.0 Å². The van der Waals surface area contributed by atoms with E-state index in [4.69, 9.17) is 4.74 Å². The largest absolute Gasteiger partial charge is 0.481 e. The van der Waals surface area contributed by atoms with Gasteiger partial charge in [-0.25, -0.2) is 0 Å². The summed E-state index contributed by atoms with van der Waals surface area (Å²) in [6, 6.07) is 25.9. The maximum absolute atomic E-state index is 12.9. The van der Waals surface area contributed by atoms with Crippen LogP contribution in [-0.2, 0) is 11.3 Å². The number of carbonyl (C=O) groups excluding carboxylic acids is 2. The summed E-state index contributed by atoms with van der Waals surface area (Å²) in [5.41, 5.74) is 1.98. The van der Waals surface area contributed by atoms with E-state index in [1.807, 2.05) is 48.5 Å². The van der Waals surface area contributed by atoms with Gasteiger partial charge in [0.25, 0.3) is 11.8 Å². The lowest BCUT2D eigenvalue weighted by atomic mass is 10.1. The summed E-state index contributed by atoms with van der Waals surface area (Å²) >= 11 is 0. The molecule has 0 aromatic heterocycles. The molecule has 0 spiro atoms. The Morgan fingerprint density at radius 1 is 0.897 bits per heavy atom. The third-order valence-electron chi connectivity index (χ3n) is 4.54. The normalized spacial score (nSPS) is 11.4. The quantitative estimate of drug-likeness (QED) is 0.664. The summed E-state index contributed by atoms with van der Waals surface area (Å²) in [4.78, 5) is 27.1. The molecule has 1 N–H and O–H groups in total. The molecule has 1 atom stereocenters. The van der Waals surface area contributed by atoms with Crippen LogP contribution in [0.4, 0.5) is 5.69 Å². The van der Waals surface area contributed by atoms with Crippen LogP contribution in [0.25, 0.3) is 0 Å². The highest BCUT2D eigenvalue weighted by molar-refractivity contribution is 6.05. The van der Waals surface area contributed by atoms with Gasteiger partial charge < -0.3 is 15.0 Å². The molecule has 0 aliphatic rings. The van der Waals surface area contributed by atoms with Crippen molar-refractivity contribution in [1.29, 1.82) is 0 Å². The third kappa shape index (κ3) is 5.23. The summed E-state index contributed by atoms with van der Waals surface area (Å²) < 4.78 is 5.73. The topological polar surface area (TPSA) is 58.6 Å². The molecule has 0 heterocycles. The first-order valence-electron chi connectivity index (χ1n) is 9.46. The lowest BCUT2D eigenvalue weighted by molar-refractivity contribution is -0.124. The molecule has 0 saturated carbocycles. The van der Waals surface area contributed by atoms with E-state index >= 15 is 0 Å². The van der Waals surface area contributed by atoms with Crippen molar-refractivity contribution in [2.45, 2.75) is 19.6 Å². The van der Waals surface area contributed by atoms with Crippen molar-refractivity contribution in [1.82, 2.24) is 5.32 Å². The lowest BCUT2D eigenvalue weighted by Gasteiger charge is -2.24. The molecule has 1 unspecified atom stereocenters. The van der Waals surface area contributed by atoms with Gasteiger partial charge in [-0.05, 0) is 36.8 Å². The summed E-state index contributed by atoms with van der Waals surface area (Å²) in [6.07, 6.45) is -0.692. The number of anilines is 1. The van der Waals surface area contributed by atoms with Crippen LogP contribution in [0.3, 0.4) is 0 Å². The summed E-state index contributed by atoms with van der Waals surface area (Å²) in [6.45, 7) is 2.11. The van der Waals surface area contributed by atoms with Crippen LogP contribution in [0.15, 0.2) is 84.9 Å². The predicted molar refractivity (Wildman–Crippen MR) is 114 cm³/mol. The van der Waals surface area contributed by atoms with Gasteiger partial charge in [0.1, 0.15) is 5.75 Å². The highest BCUT2D eigenvalue weighted by atomic mass is 16.5. The van der Waals surface area contributed by atoms with Crippen molar-refractivity contribution < 1.29 is 14.3 Å². The van der Waals surface area contributed by atoms with Crippen molar-refractivity contribution >= 4 is 17.5 Å². The first-order valence-corrected chi connectivity index (χ1v) is 9.46. The fourth-order valence-electron chi connectivity index (χ4n) is 2.98. The molecule has 2 amide bonds. The second kappa shape index (κ2) is 9.55. The van der Waals surface area contributed by atoms with Gasteiger partial charge >= 0.3 is 0 Å². The Labute approximate surface area is 170 Å². The molecular weight excluding hydrogens is 364 g/mol. The number of carbonyl (C=O) groups is 2. The number of para-hydroxylation sites is 2. The van der Waals surface area contributed by atoms with E-state index in [1.165, 1.54) is 4.90 Å². The Balaban J connectivity index is 1.71. The summed E-state index contributed by atoms with van der Waals surface area (Å²) in [5.74, 6) is 0.147. The number of nitrogens with zero attached hydrogens (tertiary/aromatic N) is 1. The lowest BCUT2D eigenvalue weighted by Crippen LogP contribution is -2.39. The fraction of sp³-hybridized carbons (Fsp3) is 0.167. The van der Waals surface area contributed by atoms with E-state index in [2.05, 4.69) is 5.32 Å². The summed E-state index contributed by atoms with van der Waals surface area (Å²) in [7, 11) is 1.65. The second-order valence-electron chi connectivity index (χ2n) is 6.66. The molecule has 3 aromatic carbocycles. The van der Waals surface area contributed by atoms with Crippen molar-refractivity contribution in [3.05, 3.63) is 96.1 Å². The number of ether oxygens (including phenoxy) is 1. The van der Waals surface area contributed by atoms with E-state index in [-0.39, 0.29) is 11.8 Å². The fourth-order valence-corrected chi connectivity index (χ4v) is 2.98. The average molecular weight is 388 g/mol. The molecule has 3 aromatic rings. The minimum Gasteiger partial charge on any atom is -0.481 e. The number of hydrogen-bond donors (Lipinski definition) is 1. The zero-order valence-electron chi connectivity index (χ0n) is 16.5. The number of nitrogens with one attached hydrogen (secondary N) is 1. The Morgan fingerprint density at radius 3 is 2.17 bits per heavy atom. The second-order valence-corrected chi connectivity index (χ2v) is 6.66. The summed E-state index contributed by atoms with van der Waals surface area (Å²) in [5, 5.41) is 2.91. The highest BCUT2D eigenvalue weighted by Gasteiger charge is 2.23. The Morgan fingerprint density at radius 2 is 1.48 bits per heavy atom. The van der Waals surface area contributed by atoms with Crippen LogP contribution in [0.1, 0.15) is 22.8 Å².